The van der Waals surface area contributed by atoms with E-state index in [0.29, 0.717) is 11.0 Å². The normalized spacial score (nSPS) is 10.5. The fourth-order valence-electron chi connectivity index (χ4n) is 1.46. The van der Waals surface area contributed by atoms with E-state index in [1.54, 1.807) is 12.1 Å². The number of carboxylic acids is 1. The summed E-state index contributed by atoms with van der Waals surface area (Å²) in [4.78, 5) is 21.7. The zero-order chi connectivity index (χ0) is 11.7. The second-order valence-electron chi connectivity index (χ2n) is 3.19. The average molecular weight is 220 g/mol. The summed E-state index contributed by atoms with van der Waals surface area (Å²) in [6.45, 7) is -0.194. The standard InChI is InChI=1S/C9H8N4O3/c10-7(14)4-13-8-5(9(15)16)2-1-3-6(8)11-12-13/h1-3H,4H2,(H2,10,14)(H,15,16). The highest BCUT2D eigenvalue weighted by Crippen LogP contribution is 2.16. The second-order valence-corrected chi connectivity index (χ2v) is 3.19. The summed E-state index contributed by atoms with van der Waals surface area (Å²) in [7, 11) is 0. The smallest absolute Gasteiger partial charge is 0.337 e. The van der Waals surface area contributed by atoms with Crippen LogP contribution in [0, 0.1) is 0 Å². The molecule has 1 amide bonds. The van der Waals surface area contributed by atoms with Gasteiger partial charge < -0.3 is 10.8 Å². The summed E-state index contributed by atoms with van der Waals surface area (Å²) in [6, 6.07) is 4.60. The molecule has 16 heavy (non-hydrogen) atoms. The zero-order valence-corrected chi connectivity index (χ0v) is 8.12. The Morgan fingerprint density at radius 3 is 2.81 bits per heavy atom. The zero-order valence-electron chi connectivity index (χ0n) is 8.12. The first-order chi connectivity index (χ1) is 7.59. The summed E-state index contributed by atoms with van der Waals surface area (Å²) in [5.41, 5.74) is 5.79. The average Bonchev–Trinajstić information content (AvgIpc) is 2.60. The maximum atomic E-state index is 11.0. The van der Waals surface area contributed by atoms with Crippen LogP contribution in [0.2, 0.25) is 0 Å². The van der Waals surface area contributed by atoms with Gasteiger partial charge in [-0.1, -0.05) is 11.3 Å². The number of hydrogen-bond acceptors (Lipinski definition) is 4. The number of fused-ring (bicyclic) bond motifs is 1. The number of aromatic carboxylic acids is 1. The van der Waals surface area contributed by atoms with Gasteiger partial charge in [0.05, 0.1) is 5.56 Å². The van der Waals surface area contributed by atoms with Crippen LogP contribution in [0.25, 0.3) is 11.0 Å². The summed E-state index contributed by atoms with van der Waals surface area (Å²) in [6.07, 6.45) is 0. The van der Waals surface area contributed by atoms with Crippen molar-refractivity contribution in [2.75, 3.05) is 0 Å². The maximum Gasteiger partial charge on any atom is 0.337 e. The molecular weight excluding hydrogens is 212 g/mol. The van der Waals surface area contributed by atoms with Gasteiger partial charge in [0.2, 0.25) is 5.91 Å². The molecule has 0 bridgehead atoms. The highest BCUT2D eigenvalue weighted by Gasteiger charge is 2.15. The fraction of sp³-hybridized carbons (Fsp3) is 0.111. The summed E-state index contributed by atoms with van der Waals surface area (Å²) in [5.74, 6) is -1.70. The predicted molar refractivity (Wildman–Crippen MR) is 53.7 cm³/mol. The van der Waals surface area contributed by atoms with Crippen molar-refractivity contribution < 1.29 is 14.7 Å². The molecule has 2 rings (SSSR count). The Balaban J connectivity index is 2.67. The van der Waals surface area contributed by atoms with E-state index in [1.165, 1.54) is 10.7 Å². The van der Waals surface area contributed by atoms with Crippen molar-refractivity contribution in [2.45, 2.75) is 6.54 Å². The minimum atomic E-state index is -1.10. The number of rotatable bonds is 3. The van der Waals surface area contributed by atoms with Gasteiger partial charge in [-0.2, -0.15) is 0 Å². The molecule has 0 atom stereocenters. The van der Waals surface area contributed by atoms with Gasteiger partial charge in [-0.05, 0) is 12.1 Å². The Bertz CT molecular complexity index is 575. The molecule has 0 fully saturated rings. The van der Waals surface area contributed by atoms with E-state index >= 15 is 0 Å². The van der Waals surface area contributed by atoms with Gasteiger partial charge in [0.1, 0.15) is 17.6 Å². The van der Waals surface area contributed by atoms with Crippen LogP contribution in [-0.2, 0) is 11.3 Å². The molecule has 82 valence electrons. The van der Waals surface area contributed by atoms with Gasteiger partial charge in [0.15, 0.2) is 0 Å². The lowest BCUT2D eigenvalue weighted by atomic mass is 10.2. The van der Waals surface area contributed by atoms with Crippen molar-refractivity contribution in [1.82, 2.24) is 15.0 Å². The van der Waals surface area contributed by atoms with Crippen molar-refractivity contribution in [2.24, 2.45) is 5.73 Å². The fourth-order valence-corrected chi connectivity index (χ4v) is 1.46. The van der Waals surface area contributed by atoms with E-state index in [4.69, 9.17) is 10.8 Å². The number of hydrogen-bond donors (Lipinski definition) is 2. The monoisotopic (exact) mass is 220 g/mol. The molecule has 0 aliphatic rings. The largest absolute Gasteiger partial charge is 0.478 e. The molecule has 1 aromatic heterocycles. The van der Waals surface area contributed by atoms with E-state index < -0.39 is 11.9 Å². The van der Waals surface area contributed by atoms with Crippen LogP contribution in [-0.4, -0.2) is 32.0 Å². The highest BCUT2D eigenvalue weighted by molar-refractivity contribution is 6.01. The lowest BCUT2D eigenvalue weighted by molar-refractivity contribution is -0.118. The van der Waals surface area contributed by atoms with Crippen molar-refractivity contribution in [3.05, 3.63) is 23.8 Å². The van der Waals surface area contributed by atoms with E-state index in [1.807, 2.05) is 0 Å². The summed E-state index contributed by atoms with van der Waals surface area (Å²) in [5, 5.41) is 16.4. The number of nitrogens with two attached hydrogens (primary N) is 1. The van der Waals surface area contributed by atoms with Crippen molar-refractivity contribution >= 4 is 22.9 Å². The molecule has 0 unspecified atom stereocenters. The van der Waals surface area contributed by atoms with Crippen LogP contribution in [0.3, 0.4) is 0 Å². The number of aromatic nitrogens is 3. The molecule has 1 aromatic carbocycles. The summed E-state index contributed by atoms with van der Waals surface area (Å²) < 4.78 is 1.18. The number of carbonyl (C=O) groups is 2. The summed E-state index contributed by atoms with van der Waals surface area (Å²) >= 11 is 0. The van der Waals surface area contributed by atoms with Gasteiger partial charge in [0.25, 0.3) is 0 Å². The lowest BCUT2D eigenvalue weighted by Gasteiger charge is -2.01. The SMILES string of the molecule is NC(=O)Cn1nnc2cccc(C(=O)O)c21. The molecule has 0 spiro atoms. The van der Waals surface area contributed by atoms with E-state index in [0.717, 1.165) is 0 Å². The van der Waals surface area contributed by atoms with Crippen molar-refractivity contribution in [1.29, 1.82) is 0 Å². The number of benzene rings is 1. The van der Waals surface area contributed by atoms with Crippen molar-refractivity contribution in [3.63, 3.8) is 0 Å². The second kappa shape index (κ2) is 3.61. The number of primary amides is 1. The Labute approximate surface area is 89.5 Å². The molecule has 0 aliphatic carbocycles. The third-order valence-corrected chi connectivity index (χ3v) is 2.07. The Morgan fingerprint density at radius 1 is 1.44 bits per heavy atom. The highest BCUT2D eigenvalue weighted by atomic mass is 16.4. The van der Waals surface area contributed by atoms with Crippen LogP contribution in [0.1, 0.15) is 10.4 Å². The first kappa shape index (κ1) is 10.1. The molecule has 0 saturated carbocycles. The molecule has 7 heteroatoms. The van der Waals surface area contributed by atoms with Crippen LogP contribution >= 0.6 is 0 Å². The van der Waals surface area contributed by atoms with Crippen LogP contribution in [0.4, 0.5) is 0 Å². The third-order valence-electron chi connectivity index (χ3n) is 2.07. The molecule has 1 heterocycles. The molecule has 3 N–H and O–H groups in total. The topological polar surface area (TPSA) is 111 Å². The first-order valence-corrected chi connectivity index (χ1v) is 4.43. The number of para-hydroxylation sites is 1. The Hall–Kier alpha value is -2.44. The van der Waals surface area contributed by atoms with Gasteiger partial charge >= 0.3 is 5.97 Å². The third kappa shape index (κ3) is 1.58. The first-order valence-electron chi connectivity index (χ1n) is 4.43. The maximum absolute atomic E-state index is 11.0. The lowest BCUT2D eigenvalue weighted by Crippen LogP contribution is -2.20. The molecule has 7 nitrogen and oxygen atoms in total. The van der Waals surface area contributed by atoms with Gasteiger partial charge in [0, 0.05) is 0 Å². The molecule has 2 aromatic rings. The molecule has 0 saturated heterocycles. The Kier molecular flexibility index (Phi) is 2.28. The van der Waals surface area contributed by atoms with E-state index in [2.05, 4.69) is 10.3 Å². The van der Waals surface area contributed by atoms with E-state index in [9.17, 15) is 9.59 Å². The van der Waals surface area contributed by atoms with Gasteiger partial charge in [-0.25, -0.2) is 9.48 Å². The number of amides is 1. The number of nitrogens with zero attached hydrogens (tertiary/aromatic N) is 3. The van der Waals surface area contributed by atoms with Gasteiger partial charge in [-0.15, -0.1) is 5.10 Å². The number of carbonyl (C=O) groups excluding carboxylic acids is 1. The molecule has 0 aliphatic heterocycles. The molecular formula is C9H8N4O3. The van der Waals surface area contributed by atoms with Crippen LogP contribution in [0.15, 0.2) is 18.2 Å². The van der Waals surface area contributed by atoms with Crippen molar-refractivity contribution in [3.8, 4) is 0 Å². The quantitative estimate of drug-likeness (QED) is 0.732. The minimum Gasteiger partial charge on any atom is -0.478 e. The minimum absolute atomic E-state index is 0.0451. The molecule has 0 radical (unpaired) electrons. The predicted octanol–water partition coefficient (Wildman–Crippen LogP) is -0.385. The number of carboxylic acid groups (broad SMARTS) is 1. The Morgan fingerprint density at radius 2 is 2.19 bits per heavy atom. The van der Waals surface area contributed by atoms with E-state index in [-0.39, 0.29) is 12.1 Å². The van der Waals surface area contributed by atoms with Crippen LogP contribution < -0.4 is 5.73 Å². The van der Waals surface area contributed by atoms with Gasteiger partial charge in [-0.3, -0.25) is 4.79 Å². The van der Waals surface area contributed by atoms with Crippen LogP contribution in [0.5, 0.6) is 0 Å².